The molecule has 4 aromatic rings. The minimum atomic E-state index is -4.15. The van der Waals surface area contributed by atoms with E-state index in [2.05, 4.69) is 26.0 Å². The van der Waals surface area contributed by atoms with Crippen LogP contribution in [0.25, 0.3) is 0 Å². The van der Waals surface area contributed by atoms with Crippen molar-refractivity contribution in [3.05, 3.63) is 107 Å². The third-order valence-electron chi connectivity index (χ3n) is 5.59. The van der Waals surface area contributed by atoms with Crippen LogP contribution in [0.1, 0.15) is 0 Å². The first-order valence-electron chi connectivity index (χ1n) is 11.6. The maximum absolute atomic E-state index is 13.5. The van der Waals surface area contributed by atoms with Crippen molar-refractivity contribution in [3.63, 3.8) is 0 Å². The summed E-state index contributed by atoms with van der Waals surface area (Å²) in [7, 11) is -6.60. The topological polar surface area (TPSA) is 122 Å². The Hall–Kier alpha value is -3.58. The molecule has 0 aliphatic carbocycles. The molecular formula is C27H23BrClN3O6S2. The number of benzene rings is 4. The number of methoxy groups -OCH3 is 1. The summed E-state index contributed by atoms with van der Waals surface area (Å²) < 4.78 is 61.9. The third-order valence-corrected chi connectivity index (χ3v) is 9.60. The predicted molar refractivity (Wildman–Crippen MR) is 159 cm³/mol. The van der Waals surface area contributed by atoms with Crippen molar-refractivity contribution in [3.8, 4) is 5.75 Å². The first-order chi connectivity index (χ1) is 19.0. The molecule has 40 heavy (non-hydrogen) atoms. The maximum Gasteiger partial charge on any atom is 0.264 e. The number of amides is 1. The number of nitrogens with one attached hydrogen (secondary N) is 2. The molecule has 0 spiro atoms. The molecule has 0 heterocycles. The van der Waals surface area contributed by atoms with Crippen LogP contribution < -0.4 is 19.1 Å². The fourth-order valence-corrected chi connectivity index (χ4v) is 6.63. The Morgan fingerprint density at radius 2 is 1.48 bits per heavy atom. The van der Waals surface area contributed by atoms with Gasteiger partial charge in [0.2, 0.25) is 5.91 Å². The molecule has 4 aromatic carbocycles. The van der Waals surface area contributed by atoms with Gasteiger partial charge in [0, 0.05) is 15.8 Å². The van der Waals surface area contributed by atoms with E-state index in [0.29, 0.717) is 11.4 Å². The average Bonchev–Trinajstić information content (AvgIpc) is 2.93. The van der Waals surface area contributed by atoms with Gasteiger partial charge in [0.15, 0.2) is 0 Å². The summed E-state index contributed by atoms with van der Waals surface area (Å²) in [6.07, 6.45) is 0. The Morgan fingerprint density at radius 1 is 0.850 bits per heavy atom. The van der Waals surface area contributed by atoms with Gasteiger partial charge in [-0.1, -0.05) is 45.7 Å². The largest absolute Gasteiger partial charge is 0.495 e. The van der Waals surface area contributed by atoms with Crippen LogP contribution in [0.2, 0.25) is 5.02 Å². The molecule has 0 aliphatic rings. The first-order valence-corrected chi connectivity index (χ1v) is 15.7. The second-order valence-electron chi connectivity index (χ2n) is 8.33. The van der Waals surface area contributed by atoms with Gasteiger partial charge in [-0.2, -0.15) is 0 Å². The van der Waals surface area contributed by atoms with Gasteiger partial charge in [-0.25, -0.2) is 16.8 Å². The van der Waals surface area contributed by atoms with Gasteiger partial charge < -0.3 is 10.1 Å². The number of rotatable bonds is 10. The fourth-order valence-electron chi connectivity index (χ4n) is 3.63. The number of sulfonamides is 2. The average molecular weight is 665 g/mol. The minimum Gasteiger partial charge on any atom is -0.495 e. The zero-order chi connectivity index (χ0) is 28.9. The number of carbonyl (C=O) groups is 1. The number of hydrogen-bond acceptors (Lipinski definition) is 6. The summed E-state index contributed by atoms with van der Waals surface area (Å²) in [5, 5.41) is 2.78. The van der Waals surface area contributed by atoms with Crippen LogP contribution >= 0.6 is 27.5 Å². The highest BCUT2D eigenvalue weighted by Gasteiger charge is 2.28. The Balaban J connectivity index is 1.54. The van der Waals surface area contributed by atoms with Gasteiger partial charge in [0.1, 0.15) is 12.3 Å². The molecule has 0 unspecified atom stereocenters. The smallest absolute Gasteiger partial charge is 0.264 e. The molecule has 0 fully saturated rings. The third kappa shape index (κ3) is 6.94. The Kier molecular flexibility index (Phi) is 9.04. The van der Waals surface area contributed by atoms with E-state index in [1.807, 2.05) is 0 Å². The highest BCUT2D eigenvalue weighted by Crippen LogP contribution is 2.32. The number of ether oxygens (including phenoxy) is 1. The first kappa shape index (κ1) is 29.4. The lowest BCUT2D eigenvalue weighted by atomic mass is 10.3. The van der Waals surface area contributed by atoms with Gasteiger partial charge in [-0.05, 0) is 78.9 Å². The monoisotopic (exact) mass is 663 g/mol. The van der Waals surface area contributed by atoms with E-state index in [4.69, 9.17) is 16.3 Å². The molecular weight excluding hydrogens is 642 g/mol. The summed E-state index contributed by atoms with van der Waals surface area (Å²) in [6, 6.07) is 24.2. The molecule has 0 radical (unpaired) electrons. The number of nitrogens with zero attached hydrogens (tertiary/aromatic N) is 1. The number of carbonyl (C=O) groups excluding carboxylic acids is 1. The van der Waals surface area contributed by atoms with Crippen molar-refractivity contribution in [2.24, 2.45) is 0 Å². The number of hydrogen-bond donors (Lipinski definition) is 2. The van der Waals surface area contributed by atoms with E-state index in [0.717, 1.165) is 8.78 Å². The Bertz CT molecular complexity index is 1720. The van der Waals surface area contributed by atoms with Crippen molar-refractivity contribution < 1.29 is 26.4 Å². The van der Waals surface area contributed by atoms with Gasteiger partial charge in [-0.3, -0.25) is 13.8 Å². The van der Waals surface area contributed by atoms with Gasteiger partial charge in [-0.15, -0.1) is 0 Å². The SMILES string of the molecule is COc1ccc(N(CC(=O)Nc2ccc(S(=O)(=O)Nc3ccc(Br)cc3)cc2)S(=O)(=O)c2ccccc2)cc1Cl. The molecule has 0 saturated carbocycles. The van der Waals surface area contributed by atoms with Crippen molar-refractivity contribution in [1.82, 2.24) is 0 Å². The van der Waals surface area contributed by atoms with Gasteiger partial charge in [0.05, 0.1) is 27.6 Å². The summed E-state index contributed by atoms with van der Waals surface area (Å²) in [5.41, 5.74) is 0.821. The van der Waals surface area contributed by atoms with E-state index in [1.165, 1.54) is 61.7 Å². The zero-order valence-electron chi connectivity index (χ0n) is 20.9. The van der Waals surface area contributed by atoms with Crippen molar-refractivity contribution in [2.45, 2.75) is 9.79 Å². The molecule has 0 bridgehead atoms. The molecule has 2 N–H and O–H groups in total. The normalized spacial score (nSPS) is 11.5. The second-order valence-corrected chi connectivity index (χ2v) is 13.2. The van der Waals surface area contributed by atoms with Crippen molar-refractivity contribution in [2.75, 3.05) is 28.0 Å². The Morgan fingerprint density at radius 3 is 2.08 bits per heavy atom. The highest BCUT2D eigenvalue weighted by molar-refractivity contribution is 9.10. The predicted octanol–water partition coefficient (Wildman–Crippen LogP) is 5.75. The van der Waals surface area contributed by atoms with Crippen molar-refractivity contribution >= 4 is 70.5 Å². The molecule has 208 valence electrons. The van der Waals surface area contributed by atoms with E-state index < -0.39 is 32.5 Å². The van der Waals surface area contributed by atoms with E-state index >= 15 is 0 Å². The van der Waals surface area contributed by atoms with Gasteiger partial charge in [0.25, 0.3) is 20.0 Å². The summed E-state index contributed by atoms with van der Waals surface area (Å²) in [5.74, 6) is -0.313. The number of anilines is 3. The van der Waals surface area contributed by atoms with Crippen LogP contribution in [-0.2, 0) is 24.8 Å². The lowest BCUT2D eigenvalue weighted by molar-refractivity contribution is -0.114. The van der Waals surface area contributed by atoms with Crippen LogP contribution in [0.3, 0.4) is 0 Å². The van der Waals surface area contributed by atoms with Crippen LogP contribution in [0.15, 0.2) is 111 Å². The van der Waals surface area contributed by atoms with Crippen LogP contribution in [0.4, 0.5) is 17.1 Å². The van der Waals surface area contributed by atoms with E-state index in [9.17, 15) is 21.6 Å². The van der Waals surface area contributed by atoms with Crippen LogP contribution in [0, 0.1) is 0 Å². The molecule has 13 heteroatoms. The molecule has 0 aromatic heterocycles. The molecule has 9 nitrogen and oxygen atoms in total. The van der Waals surface area contributed by atoms with Crippen LogP contribution in [0.5, 0.6) is 5.75 Å². The van der Waals surface area contributed by atoms with Crippen LogP contribution in [-0.4, -0.2) is 36.4 Å². The lowest BCUT2D eigenvalue weighted by Crippen LogP contribution is -2.38. The standard InChI is InChI=1S/C27H23BrClN3O6S2/c1-38-26-16-13-22(17-25(26)29)32(40(36,37)24-5-3-2-4-6-24)18-27(33)30-20-11-14-23(15-12-20)39(34,35)31-21-9-7-19(28)8-10-21/h2-17,31H,18H2,1H3,(H,30,33). The quantitative estimate of drug-likeness (QED) is 0.223. The molecule has 0 saturated heterocycles. The molecule has 0 aliphatic heterocycles. The zero-order valence-corrected chi connectivity index (χ0v) is 24.9. The molecule has 4 rings (SSSR count). The summed E-state index contributed by atoms with van der Waals surface area (Å²) in [6.45, 7) is -0.578. The van der Waals surface area contributed by atoms with Crippen molar-refractivity contribution in [1.29, 1.82) is 0 Å². The number of halogens is 2. The maximum atomic E-state index is 13.5. The lowest BCUT2D eigenvalue weighted by Gasteiger charge is -2.24. The molecule has 0 atom stereocenters. The Labute approximate surface area is 246 Å². The fraction of sp³-hybridized carbons (Fsp3) is 0.0741. The minimum absolute atomic E-state index is 0.0115. The summed E-state index contributed by atoms with van der Waals surface area (Å²) in [4.78, 5) is 13.0. The van der Waals surface area contributed by atoms with E-state index in [1.54, 1.807) is 42.5 Å². The summed E-state index contributed by atoms with van der Waals surface area (Å²) >= 11 is 9.54. The second kappa shape index (κ2) is 12.3. The highest BCUT2D eigenvalue weighted by atomic mass is 79.9. The molecule has 1 amide bonds. The van der Waals surface area contributed by atoms with E-state index in [-0.39, 0.29) is 26.2 Å². The van der Waals surface area contributed by atoms with Gasteiger partial charge >= 0.3 is 0 Å².